The highest BCUT2D eigenvalue weighted by Crippen LogP contribution is 2.25. The van der Waals surface area contributed by atoms with E-state index in [9.17, 15) is 0 Å². The maximum atomic E-state index is 5.86. The molecule has 2 atom stereocenters. The summed E-state index contributed by atoms with van der Waals surface area (Å²) in [6.07, 6.45) is 0.199. The van der Waals surface area contributed by atoms with Gasteiger partial charge in [0.05, 0.1) is 6.10 Å². The van der Waals surface area contributed by atoms with E-state index in [0.717, 1.165) is 11.3 Å². The van der Waals surface area contributed by atoms with Crippen molar-refractivity contribution in [3.63, 3.8) is 0 Å². The minimum atomic E-state index is 0.199. The van der Waals surface area contributed by atoms with Gasteiger partial charge in [0.2, 0.25) is 0 Å². The van der Waals surface area contributed by atoms with Crippen LogP contribution in [0.25, 0.3) is 0 Å². The van der Waals surface area contributed by atoms with Gasteiger partial charge in [0.15, 0.2) is 0 Å². The third-order valence-electron chi connectivity index (χ3n) is 2.56. The van der Waals surface area contributed by atoms with Crippen molar-refractivity contribution >= 4 is 5.69 Å². The topological polar surface area (TPSA) is 35.2 Å². The molecule has 0 aliphatic carbocycles. The Morgan fingerprint density at radius 1 is 1.23 bits per heavy atom. The molecule has 72 valence electrons. The molecular weight excluding hydrogens is 162 g/mol. The number of nitrogens with two attached hydrogens (primary N) is 1. The van der Waals surface area contributed by atoms with Crippen LogP contribution in [0.3, 0.4) is 0 Å². The van der Waals surface area contributed by atoms with E-state index in [1.165, 1.54) is 0 Å². The van der Waals surface area contributed by atoms with Gasteiger partial charge in [-0.1, -0.05) is 25.1 Å². The Morgan fingerprint density at radius 2 is 1.85 bits per heavy atom. The average Bonchev–Trinajstić information content (AvgIpc) is 2.16. The molecule has 1 rings (SSSR count). The van der Waals surface area contributed by atoms with Gasteiger partial charge in [-0.25, -0.2) is 0 Å². The van der Waals surface area contributed by atoms with Crippen molar-refractivity contribution in [2.45, 2.75) is 25.9 Å². The number of methoxy groups -OCH3 is 1. The molecule has 0 bridgehead atoms. The Bertz CT molecular complexity index is 273. The summed E-state index contributed by atoms with van der Waals surface area (Å²) in [6.45, 7) is 4.18. The first-order valence-electron chi connectivity index (χ1n) is 4.54. The highest BCUT2D eigenvalue weighted by Gasteiger charge is 2.15. The minimum absolute atomic E-state index is 0.199. The van der Waals surface area contributed by atoms with Crippen molar-refractivity contribution in [3.8, 4) is 0 Å². The van der Waals surface area contributed by atoms with Gasteiger partial charge < -0.3 is 10.5 Å². The fraction of sp³-hybridized carbons (Fsp3) is 0.455. The van der Waals surface area contributed by atoms with E-state index in [1.807, 2.05) is 18.2 Å². The van der Waals surface area contributed by atoms with E-state index in [-0.39, 0.29) is 6.10 Å². The molecule has 0 aliphatic heterocycles. The summed E-state index contributed by atoms with van der Waals surface area (Å²) in [5.41, 5.74) is 7.87. The Labute approximate surface area is 79.7 Å². The molecule has 0 fully saturated rings. The van der Waals surface area contributed by atoms with Crippen LogP contribution in [0.15, 0.2) is 24.3 Å². The number of benzene rings is 1. The SMILES string of the molecule is CO[C@@H](C)[C@H](C)c1ccccc1N. The third kappa shape index (κ3) is 2.22. The monoisotopic (exact) mass is 179 g/mol. The number of nitrogen functional groups attached to an aromatic ring is 1. The standard InChI is InChI=1S/C11H17NO/c1-8(9(2)13-3)10-6-4-5-7-11(10)12/h4-9H,12H2,1-3H3/t8-,9-/m0/s1. The molecule has 0 unspecified atom stereocenters. The second-order valence-corrected chi connectivity index (χ2v) is 3.36. The largest absolute Gasteiger partial charge is 0.398 e. The van der Waals surface area contributed by atoms with Crippen molar-refractivity contribution in [1.29, 1.82) is 0 Å². The maximum absolute atomic E-state index is 5.86. The van der Waals surface area contributed by atoms with Crippen molar-refractivity contribution in [2.75, 3.05) is 12.8 Å². The lowest BCUT2D eigenvalue weighted by molar-refractivity contribution is 0.0992. The Hall–Kier alpha value is -1.02. The number of rotatable bonds is 3. The molecule has 0 saturated heterocycles. The van der Waals surface area contributed by atoms with E-state index in [0.29, 0.717) is 5.92 Å². The van der Waals surface area contributed by atoms with E-state index in [4.69, 9.17) is 10.5 Å². The van der Waals surface area contributed by atoms with Gasteiger partial charge in [-0.3, -0.25) is 0 Å². The molecule has 0 radical (unpaired) electrons. The third-order valence-corrected chi connectivity index (χ3v) is 2.56. The summed E-state index contributed by atoms with van der Waals surface area (Å²) in [4.78, 5) is 0. The molecular formula is C11H17NO. The van der Waals surface area contributed by atoms with Gasteiger partial charge in [0.1, 0.15) is 0 Å². The predicted octanol–water partition coefficient (Wildman–Crippen LogP) is 2.41. The highest BCUT2D eigenvalue weighted by molar-refractivity contribution is 5.48. The fourth-order valence-corrected chi connectivity index (χ4v) is 1.38. The number of para-hydroxylation sites is 1. The lowest BCUT2D eigenvalue weighted by Crippen LogP contribution is -2.15. The molecule has 1 aromatic rings. The van der Waals surface area contributed by atoms with Crippen molar-refractivity contribution in [1.82, 2.24) is 0 Å². The van der Waals surface area contributed by atoms with E-state index >= 15 is 0 Å². The molecule has 13 heavy (non-hydrogen) atoms. The average molecular weight is 179 g/mol. The number of hydrogen-bond acceptors (Lipinski definition) is 2. The first kappa shape index (κ1) is 10.1. The van der Waals surface area contributed by atoms with E-state index < -0.39 is 0 Å². The Balaban J connectivity index is 2.88. The van der Waals surface area contributed by atoms with Crippen LogP contribution in [0.2, 0.25) is 0 Å². The number of hydrogen-bond donors (Lipinski definition) is 1. The first-order valence-corrected chi connectivity index (χ1v) is 4.54. The summed E-state index contributed by atoms with van der Waals surface area (Å²) in [7, 11) is 1.72. The van der Waals surface area contributed by atoms with Gasteiger partial charge in [-0.05, 0) is 18.6 Å². The predicted molar refractivity (Wildman–Crippen MR) is 55.7 cm³/mol. The smallest absolute Gasteiger partial charge is 0.0609 e. The zero-order valence-corrected chi connectivity index (χ0v) is 8.45. The second-order valence-electron chi connectivity index (χ2n) is 3.36. The van der Waals surface area contributed by atoms with Crippen LogP contribution in [0.5, 0.6) is 0 Å². The van der Waals surface area contributed by atoms with Gasteiger partial charge >= 0.3 is 0 Å². The first-order chi connectivity index (χ1) is 6.16. The maximum Gasteiger partial charge on any atom is 0.0609 e. The van der Waals surface area contributed by atoms with Crippen LogP contribution < -0.4 is 5.73 Å². The van der Waals surface area contributed by atoms with Crippen LogP contribution in [-0.4, -0.2) is 13.2 Å². The van der Waals surface area contributed by atoms with Crippen molar-refractivity contribution in [2.24, 2.45) is 0 Å². The molecule has 0 saturated carbocycles. The van der Waals surface area contributed by atoms with Crippen LogP contribution in [0.4, 0.5) is 5.69 Å². The van der Waals surface area contributed by atoms with E-state index in [1.54, 1.807) is 7.11 Å². The van der Waals surface area contributed by atoms with Gasteiger partial charge in [0.25, 0.3) is 0 Å². The van der Waals surface area contributed by atoms with Crippen LogP contribution >= 0.6 is 0 Å². The van der Waals surface area contributed by atoms with Gasteiger partial charge in [-0.2, -0.15) is 0 Å². The Kier molecular flexibility index (Phi) is 3.32. The van der Waals surface area contributed by atoms with Crippen LogP contribution in [0.1, 0.15) is 25.3 Å². The van der Waals surface area contributed by atoms with Gasteiger partial charge in [0, 0.05) is 18.7 Å². The summed E-state index contributed by atoms with van der Waals surface area (Å²) >= 11 is 0. The number of ether oxygens (including phenoxy) is 1. The van der Waals surface area contributed by atoms with Crippen molar-refractivity contribution < 1.29 is 4.74 Å². The lowest BCUT2D eigenvalue weighted by atomic mass is 9.95. The molecule has 1 aromatic carbocycles. The summed E-state index contributed by atoms with van der Waals surface area (Å²) in [5, 5.41) is 0. The fourth-order valence-electron chi connectivity index (χ4n) is 1.38. The van der Waals surface area contributed by atoms with Crippen molar-refractivity contribution in [3.05, 3.63) is 29.8 Å². The highest BCUT2D eigenvalue weighted by atomic mass is 16.5. The Morgan fingerprint density at radius 3 is 2.38 bits per heavy atom. The molecule has 2 N–H and O–H groups in total. The molecule has 0 aromatic heterocycles. The normalized spacial score (nSPS) is 15.3. The van der Waals surface area contributed by atoms with Crippen LogP contribution in [0, 0.1) is 0 Å². The minimum Gasteiger partial charge on any atom is -0.398 e. The number of anilines is 1. The second kappa shape index (κ2) is 4.28. The zero-order valence-electron chi connectivity index (χ0n) is 8.45. The molecule has 2 heteroatoms. The summed E-state index contributed by atoms with van der Waals surface area (Å²) < 4.78 is 5.27. The lowest BCUT2D eigenvalue weighted by Gasteiger charge is -2.20. The molecule has 0 spiro atoms. The summed E-state index contributed by atoms with van der Waals surface area (Å²) in [6, 6.07) is 7.93. The quantitative estimate of drug-likeness (QED) is 0.723. The molecule has 0 heterocycles. The van der Waals surface area contributed by atoms with Crippen LogP contribution in [-0.2, 0) is 4.74 Å². The molecule has 0 amide bonds. The molecule has 2 nitrogen and oxygen atoms in total. The van der Waals surface area contributed by atoms with Gasteiger partial charge in [-0.15, -0.1) is 0 Å². The molecule has 0 aliphatic rings. The van der Waals surface area contributed by atoms with E-state index in [2.05, 4.69) is 19.9 Å². The zero-order chi connectivity index (χ0) is 9.84. The summed E-state index contributed by atoms with van der Waals surface area (Å²) in [5.74, 6) is 0.339.